The van der Waals surface area contributed by atoms with Gasteiger partial charge in [0.1, 0.15) is 5.60 Å². The first kappa shape index (κ1) is 20.1. The van der Waals surface area contributed by atoms with Crippen LogP contribution in [0, 0.1) is 11.3 Å². The zero-order valence-electron chi connectivity index (χ0n) is 14.3. The standard InChI is InChI=1S/C15H26N2O5/c1-8-9(2)10(16)11(12(18)19)17-22-15(6,7)13(20)21-14(3,4)5/h9,16H,8H2,1-7H3,(H,18,19)/b16-10?,17-11-. The second-order valence-corrected chi connectivity index (χ2v) is 6.57. The van der Waals surface area contributed by atoms with E-state index in [0.717, 1.165) is 0 Å². The number of aliphatic carboxylic acids is 1. The largest absolute Gasteiger partial charge is 0.476 e. The van der Waals surface area contributed by atoms with E-state index in [4.69, 9.17) is 20.1 Å². The molecule has 0 heterocycles. The number of carboxylic acids is 1. The van der Waals surface area contributed by atoms with Gasteiger partial charge in [-0.2, -0.15) is 0 Å². The van der Waals surface area contributed by atoms with Crippen molar-refractivity contribution < 1.29 is 24.3 Å². The monoisotopic (exact) mass is 314 g/mol. The molecule has 0 bridgehead atoms. The van der Waals surface area contributed by atoms with Crippen molar-refractivity contribution >= 4 is 23.4 Å². The lowest BCUT2D eigenvalue weighted by atomic mass is 9.99. The van der Waals surface area contributed by atoms with Crippen molar-refractivity contribution in [3.8, 4) is 0 Å². The highest BCUT2D eigenvalue weighted by molar-refractivity contribution is 6.64. The fourth-order valence-electron chi connectivity index (χ4n) is 1.24. The van der Waals surface area contributed by atoms with Crippen LogP contribution in [0.3, 0.4) is 0 Å². The number of hydrogen-bond donors (Lipinski definition) is 2. The summed E-state index contributed by atoms with van der Waals surface area (Å²) in [5, 5.41) is 20.5. The van der Waals surface area contributed by atoms with Gasteiger partial charge in [0.2, 0.25) is 11.3 Å². The predicted octanol–water partition coefficient (Wildman–Crippen LogP) is 2.63. The molecule has 0 saturated heterocycles. The summed E-state index contributed by atoms with van der Waals surface area (Å²) in [6.07, 6.45) is 0.598. The summed E-state index contributed by atoms with van der Waals surface area (Å²) in [5.41, 5.74) is -2.80. The lowest BCUT2D eigenvalue weighted by Gasteiger charge is -2.26. The molecular formula is C15H26N2O5. The topological polar surface area (TPSA) is 109 Å². The van der Waals surface area contributed by atoms with Gasteiger partial charge in [-0.1, -0.05) is 19.0 Å². The van der Waals surface area contributed by atoms with E-state index in [9.17, 15) is 9.59 Å². The van der Waals surface area contributed by atoms with E-state index in [1.165, 1.54) is 13.8 Å². The number of nitrogens with zero attached hydrogens (tertiary/aromatic N) is 1. The van der Waals surface area contributed by atoms with E-state index in [-0.39, 0.29) is 11.6 Å². The number of hydrogen-bond acceptors (Lipinski definition) is 6. The molecule has 1 unspecified atom stereocenters. The van der Waals surface area contributed by atoms with Gasteiger partial charge in [0.15, 0.2) is 0 Å². The van der Waals surface area contributed by atoms with Crippen LogP contribution in [0.5, 0.6) is 0 Å². The summed E-state index contributed by atoms with van der Waals surface area (Å²) in [4.78, 5) is 28.3. The number of carbonyl (C=O) groups is 2. The minimum absolute atomic E-state index is 0.144. The van der Waals surface area contributed by atoms with Crippen LogP contribution in [0.25, 0.3) is 0 Å². The third-order valence-electron chi connectivity index (χ3n) is 2.82. The normalized spacial score (nSPS) is 14.2. The summed E-state index contributed by atoms with van der Waals surface area (Å²) >= 11 is 0. The Hall–Kier alpha value is -1.92. The maximum atomic E-state index is 12.0. The third-order valence-corrected chi connectivity index (χ3v) is 2.82. The first-order valence-corrected chi connectivity index (χ1v) is 7.13. The van der Waals surface area contributed by atoms with Crippen LogP contribution in [-0.4, -0.2) is 39.7 Å². The molecule has 0 rings (SSSR count). The molecule has 22 heavy (non-hydrogen) atoms. The van der Waals surface area contributed by atoms with Gasteiger partial charge in [0, 0.05) is 0 Å². The zero-order chi connectivity index (χ0) is 17.7. The molecule has 7 nitrogen and oxygen atoms in total. The smallest absolute Gasteiger partial charge is 0.359 e. The summed E-state index contributed by atoms with van der Waals surface area (Å²) in [7, 11) is 0. The van der Waals surface area contributed by atoms with E-state index in [2.05, 4.69) is 5.16 Å². The maximum absolute atomic E-state index is 12.0. The van der Waals surface area contributed by atoms with E-state index in [1.54, 1.807) is 27.7 Å². The van der Waals surface area contributed by atoms with Gasteiger partial charge in [-0.25, -0.2) is 9.59 Å². The molecule has 0 aromatic carbocycles. The molecule has 126 valence electrons. The first-order chi connectivity index (χ1) is 9.81. The van der Waals surface area contributed by atoms with Gasteiger partial charge in [-0.05, 0) is 47.0 Å². The number of ether oxygens (including phenoxy) is 1. The van der Waals surface area contributed by atoms with Crippen molar-refractivity contribution in [1.82, 2.24) is 0 Å². The zero-order valence-corrected chi connectivity index (χ0v) is 14.3. The number of carboxylic acid groups (broad SMARTS) is 1. The van der Waals surface area contributed by atoms with Gasteiger partial charge in [-0.15, -0.1) is 0 Å². The van der Waals surface area contributed by atoms with Crippen molar-refractivity contribution in [1.29, 1.82) is 5.41 Å². The molecule has 0 fully saturated rings. The molecule has 0 aromatic heterocycles. The molecule has 0 radical (unpaired) electrons. The summed E-state index contributed by atoms with van der Waals surface area (Å²) in [5.74, 6) is -2.31. The van der Waals surface area contributed by atoms with Crippen LogP contribution in [0.15, 0.2) is 5.16 Å². The van der Waals surface area contributed by atoms with Crippen molar-refractivity contribution in [3.63, 3.8) is 0 Å². The number of oxime groups is 1. The van der Waals surface area contributed by atoms with Crippen molar-refractivity contribution in [2.45, 2.75) is 66.1 Å². The Balaban J connectivity index is 5.20. The SMILES string of the molecule is CCC(C)C(=N)/C(=N/OC(C)(C)C(=O)OC(C)(C)C)C(=O)O. The highest BCUT2D eigenvalue weighted by Crippen LogP contribution is 2.18. The Morgan fingerprint density at radius 3 is 2.09 bits per heavy atom. The molecule has 2 N–H and O–H groups in total. The lowest BCUT2D eigenvalue weighted by Crippen LogP contribution is -2.40. The highest BCUT2D eigenvalue weighted by Gasteiger charge is 2.36. The third kappa shape index (κ3) is 6.24. The molecule has 1 atom stereocenters. The molecule has 0 aromatic rings. The fraction of sp³-hybridized carbons (Fsp3) is 0.733. The number of carbonyl (C=O) groups excluding carboxylic acids is 1. The summed E-state index contributed by atoms with van der Waals surface area (Å²) < 4.78 is 5.19. The van der Waals surface area contributed by atoms with E-state index >= 15 is 0 Å². The Labute approximate surface area is 131 Å². The molecule has 0 aliphatic carbocycles. The molecule has 0 aliphatic rings. The summed E-state index contributed by atoms with van der Waals surface area (Å²) in [6, 6.07) is 0. The van der Waals surface area contributed by atoms with Crippen molar-refractivity contribution in [2.24, 2.45) is 11.1 Å². The van der Waals surface area contributed by atoms with Crippen LogP contribution < -0.4 is 0 Å². The summed E-state index contributed by atoms with van der Waals surface area (Å²) in [6.45, 7) is 11.6. The Bertz CT molecular complexity index is 475. The minimum Gasteiger partial charge on any atom is -0.476 e. The van der Waals surface area contributed by atoms with Gasteiger partial charge in [0.25, 0.3) is 0 Å². The van der Waals surface area contributed by atoms with Crippen molar-refractivity contribution in [3.05, 3.63) is 0 Å². The second kappa shape index (κ2) is 7.38. The molecule has 0 aliphatic heterocycles. The van der Waals surface area contributed by atoms with Crippen LogP contribution in [-0.2, 0) is 19.2 Å². The maximum Gasteiger partial charge on any atom is 0.359 e. The average Bonchev–Trinajstić information content (AvgIpc) is 2.35. The van der Waals surface area contributed by atoms with Crippen LogP contribution in [0.4, 0.5) is 0 Å². The molecule has 0 spiro atoms. The molecular weight excluding hydrogens is 288 g/mol. The van der Waals surface area contributed by atoms with Gasteiger partial charge in [0.05, 0.1) is 5.71 Å². The predicted molar refractivity (Wildman–Crippen MR) is 83.3 cm³/mol. The average molecular weight is 314 g/mol. The molecule has 0 amide bonds. The van der Waals surface area contributed by atoms with E-state index < -0.39 is 28.9 Å². The molecule has 7 heteroatoms. The Kier molecular flexibility index (Phi) is 6.73. The van der Waals surface area contributed by atoms with Crippen LogP contribution >= 0.6 is 0 Å². The quantitative estimate of drug-likeness (QED) is 0.426. The van der Waals surface area contributed by atoms with E-state index in [0.29, 0.717) is 6.42 Å². The number of rotatable bonds is 7. The first-order valence-electron chi connectivity index (χ1n) is 7.13. The minimum atomic E-state index is -1.45. The number of nitrogens with one attached hydrogen (secondary N) is 1. The van der Waals surface area contributed by atoms with Crippen LogP contribution in [0.1, 0.15) is 54.9 Å². The van der Waals surface area contributed by atoms with Crippen molar-refractivity contribution in [2.75, 3.05) is 0 Å². The van der Waals surface area contributed by atoms with Gasteiger partial charge < -0.3 is 20.1 Å². The second-order valence-electron chi connectivity index (χ2n) is 6.57. The van der Waals surface area contributed by atoms with Gasteiger partial charge >= 0.3 is 11.9 Å². The van der Waals surface area contributed by atoms with E-state index in [1.807, 2.05) is 6.92 Å². The fourth-order valence-corrected chi connectivity index (χ4v) is 1.24. The van der Waals surface area contributed by atoms with Crippen LogP contribution in [0.2, 0.25) is 0 Å². The number of esters is 1. The lowest BCUT2D eigenvalue weighted by molar-refractivity contribution is -0.179. The van der Waals surface area contributed by atoms with Gasteiger partial charge in [-0.3, -0.25) is 0 Å². The highest BCUT2D eigenvalue weighted by atomic mass is 16.7. The Morgan fingerprint density at radius 2 is 1.73 bits per heavy atom. The Morgan fingerprint density at radius 1 is 1.23 bits per heavy atom. The molecule has 0 saturated carbocycles.